The quantitative estimate of drug-likeness (QED) is 0.588. The molecule has 0 amide bonds. The lowest BCUT2D eigenvalue weighted by Gasteiger charge is -2.05. The number of non-ortho nitro benzene ring substituents is 1. The third-order valence-corrected chi connectivity index (χ3v) is 3.14. The average Bonchev–Trinajstić information content (AvgIpc) is 2.53. The highest BCUT2D eigenvalue weighted by Gasteiger charge is 2.15. The van der Waals surface area contributed by atoms with Gasteiger partial charge >= 0.3 is 5.97 Å². The van der Waals surface area contributed by atoms with Gasteiger partial charge in [0.25, 0.3) is 5.69 Å². The van der Waals surface area contributed by atoms with Crippen LogP contribution in [0.25, 0.3) is 22.3 Å². The zero-order valence-electron chi connectivity index (χ0n) is 11.1. The lowest BCUT2D eigenvalue weighted by atomic mass is 10.1. The van der Waals surface area contributed by atoms with Crippen LogP contribution in [0.4, 0.5) is 5.69 Å². The zero-order valence-corrected chi connectivity index (χ0v) is 11.1. The van der Waals surface area contributed by atoms with Gasteiger partial charge in [-0.3, -0.25) is 10.1 Å². The van der Waals surface area contributed by atoms with Gasteiger partial charge < -0.3 is 5.11 Å². The first-order chi connectivity index (χ1) is 10.6. The summed E-state index contributed by atoms with van der Waals surface area (Å²) >= 11 is 0. The Labute approximate surface area is 124 Å². The van der Waals surface area contributed by atoms with Gasteiger partial charge in [-0.15, -0.1) is 0 Å². The third-order valence-electron chi connectivity index (χ3n) is 3.14. The van der Waals surface area contributed by atoms with Crippen LogP contribution in [0.1, 0.15) is 10.5 Å². The first-order valence-electron chi connectivity index (χ1n) is 6.31. The van der Waals surface area contributed by atoms with E-state index in [-0.39, 0.29) is 17.2 Å². The van der Waals surface area contributed by atoms with Crippen LogP contribution in [0, 0.1) is 10.1 Å². The Balaban J connectivity index is 2.18. The number of nitro benzene ring substituents is 1. The summed E-state index contributed by atoms with van der Waals surface area (Å²) < 4.78 is 0. The molecule has 0 unspecified atom stereocenters. The fourth-order valence-corrected chi connectivity index (χ4v) is 2.10. The molecule has 7 nitrogen and oxygen atoms in total. The number of carboxylic acid groups (broad SMARTS) is 1. The number of rotatable bonds is 3. The minimum Gasteiger partial charge on any atom is -0.476 e. The second-order valence-electron chi connectivity index (χ2n) is 4.52. The van der Waals surface area contributed by atoms with E-state index in [9.17, 15) is 20.0 Å². The highest BCUT2D eigenvalue weighted by atomic mass is 16.6. The molecule has 0 radical (unpaired) electrons. The summed E-state index contributed by atoms with van der Waals surface area (Å²) in [5.41, 5.74) is 0.865. The minimum atomic E-state index is -1.15. The molecule has 0 aliphatic heterocycles. The third kappa shape index (κ3) is 2.35. The standard InChI is InChI=1S/C15H9N3O4/c19-15(20)13-11-3-1-2-4-12(11)16-14(17-13)9-5-7-10(8-6-9)18(21)22/h1-8H,(H,19,20). The Morgan fingerprint density at radius 2 is 1.73 bits per heavy atom. The largest absolute Gasteiger partial charge is 0.476 e. The molecule has 108 valence electrons. The van der Waals surface area contributed by atoms with Crippen molar-refractivity contribution in [3.8, 4) is 11.4 Å². The molecule has 0 aliphatic rings. The van der Waals surface area contributed by atoms with Crippen LogP contribution < -0.4 is 0 Å². The summed E-state index contributed by atoms with van der Waals surface area (Å²) in [6, 6.07) is 12.4. The number of fused-ring (bicyclic) bond motifs is 1. The molecular formula is C15H9N3O4. The number of nitrogens with zero attached hydrogens (tertiary/aromatic N) is 3. The maximum Gasteiger partial charge on any atom is 0.355 e. The molecule has 0 saturated heterocycles. The minimum absolute atomic E-state index is 0.0528. The number of aromatic nitrogens is 2. The molecule has 3 rings (SSSR count). The van der Waals surface area contributed by atoms with E-state index in [1.165, 1.54) is 24.3 Å². The fourth-order valence-electron chi connectivity index (χ4n) is 2.10. The molecular weight excluding hydrogens is 286 g/mol. The number of hydrogen-bond donors (Lipinski definition) is 1. The molecule has 0 saturated carbocycles. The molecule has 2 aromatic carbocycles. The van der Waals surface area contributed by atoms with Gasteiger partial charge in [0.2, 0.25) is 0 Å². The van der Waals surface area contributed by atoms with Gasteiger partial charge in [-0.2, -0.15) is 0 Å². The van der Waals surface area contributed by atoms with Gasteiger partial charge in [0, 0.05) is 23.1 Å². The molecule has 0 bridgehead atoms. The second-order valence-corrected chi connectivity index (χ2v) is 4.52. The van der Waals surface area contributed by atoms with Crippen LogP contribution in [-0.4, -0.2) is 26.0 Å². The van der Waals surface area contributed by atoms with Crippen molar-refractivity contribution in [2.45, 2.75) is 0 Å². The molecule has 1 aromatic heterocycles. The van der Waals surface area contributed by atoms with Gasteiger partial charge in [-0.1, -0.05) is 18.2 Å². The van der Waals surface area contributed by atoms with Gasteiger partial charge in [0.05, 0.1) is 10.4 Å². The topological polar surface area (TPSA) is 106 Å². The predicted molar refractivity (Wildman–Crippen MR) is 78.6 cm³/mol. The van der Waals surface area contributed by atoms with E-state index in [0.29, 0.717) is 16.5 Å². The molecule has 0 spiro atoms. The summed E-state index contributed by atoms with van der Waals surface area (Å²) in [5.74, 6) is -0.937. The van der Waals surface area contributed by atoms with E-state index in [1.807, 2.05) is 0 Å². The number of benzene rings is 2. The summed E-state index contributed by atoms with van der Waals surface area (Å²) in [4.78, 5) is 29.9. The fraction of sp³-hybridized carbons (Fsp3) is 0. The summed E-state index contributed by atoms with van der Waals surface area (Å²) in [7, 11) is 0. The SMILES string of the molecule is O=C(O)c1nc(-c2ccc([N+](=O)[O-])cc2)nc2ccccc12. The maximum atomic E-state index is 11.4. The van der Waals surface area contributed by atoms with E-state index >= 15 is 0 Å². The van der Waals surface area contributed by atoms with Gasteiger partial charge in [-0.25, -0.2) is 14.8 Å². The van der Waals surface area contributed by atoms with Crippen molar-refractivity contribution in [1.82, 2.24) is 9.97 Å². The Kier molecular flexibility index (Phi) is 3.23. The van der Waals surface area contributed by atoms with E-state index in [0.717, 1.165) is 0 Å². The molecule has 0 aliphatic carbocycles. The van der Waals surface area contributed by atoms with Crippen LogP contribution >= 0.6 is 0 Å². The number of para-hydroxylation sites is 1. The van der Waals surface area contributed by atoms with Crippen LogP contribution in [0.2, 0.25) is 0 Å². The summed E-state index contributed by atoms with van der Waals surface area (Å²) in [6.45, 7) is 0. The van der Waals surface area contributed by atoms with Crippen molar-refractivity contribution < 1.29 is 14.8 Å². The van der Waals surface area contributed by atoms with Gasteiger partial charge in [0.1, 0.15) is 0 Å². The van der Waals surface area contributed by atoms with E-state index in [4.69, 9.17) is 0 Å². The van der Waals surface area contributed by atoms with Crippen molar-refractivity contribution in [3.63, 3.8) is 0 Å². The lowest BCUT2D eigenvalue weighted by molar-refractivity contribution is -0.384. The lowest BCUT2D eigenvalue weighted by Crippen LogP contribution is -2.04. The Hall–Kier alpha value is -3.35. The Bertz CT molecular complexity index is 891. The van der Waals surface area contributed by atoms with Gasteiger partial charge in [-0.05, 0) is 18.2 Å². The molecule has 0 atom stereocenters. The molecule has 0 fully saturated rings. The number of carbonyl (C=O) groups is 1. The van der Waals surface area contributed by atoms with Crippen LogP contribution in [0.15, 0.2) is 48.5 Å². The van der Waals surface area contributed by atoms with Crippen molar-refractivity contribution in [1.29, 1.82) is 0 Å². The highest BCUT2D eigenvalue weighted by molar-refractivity contribution is 6.01. The van der Waals surface area contributed by atoms with Crippen LogP contribution in [0.3, 0.4) is 0 Å². The zero-order chi connectivity index (χ0) is 15.7. The normalized spacial score (nSPS) is 10.5. The summed E-state index contributed by atoms with van der Waals surface area (Å²) in [5, 5.41) is 20.4. The maximum absolute atomic E-state index is 11.4. The number of nitro groups is 1. The van der Waals surface area contributed by atoms with Crippen molar-refractivity contribution in [2.75, 3.05) is 0 Å². The average molecular weight is 295 g/mol. The second kappa shape index (κ2) is 5.21. The molecule has 22 heavy (non-hydrogen) atoms. The first kappa shape index (κ1) is 13.6. The number of aromatic carboxylic acids is 1. The first-order valence-corrected chi connectivity index (χ1v) is 6.31. The van der Waals surface area contributed by atoms with E-state index < -0.39 is 10.9 Å². The highest BCUT2D eigenvalue weighted by Crippen LogP contribution is 2.23. The van der Waals surface area contributed by atoms with Crippen molar-refractivity contribution >= 4 is 22.6 Å². The molecule has 1 heterocycles. The molecule has 7 heteroatoms. The molecule has 3 aromatic rings. The van der Waals surface area contributed by atoms with Gasteiger partial charge in [0.15, 0.2) is 11.5 Å². The predicted octanol–water partition coefficient (Wildman–Crippen LogP) is 2.90. The van der Waals surface area contributed by atoms with Crippen molar-refractivity contribution in [3.05, 3.63) is 64.3 Å². The summed E-state index contributed by atoms with van der Waals surface area (Å²) in [6.07, 6.45) is 0. The van der Waals surface area contributed by atoms with Crippen molar-refractivity contribution in [2.24, 2.45) is 0 Å². The van der Waals surface area contributed by atoms with Crippen LogP contribution in [0.5, 0.6) is 0 Å². The molecule has 1 N–H and O–H groups in total. The Morgan fingerprint density at radius 3 is 2.36 bits per heavy atom. The number of carboxylic acids is 1. The smallest absolute Gasteiger partial charge is 0.355 e. The monoisotopic (exact) mass is 295 g/mol. The van der Waals surface area contributed by atoms with Crippen LogP contribution in [-0.2, 0) is 0 Å². The van der Waals surface area contributed by atoms with E-state index in [1.54, 1.807) is 24.3 Å². The van der Waals surface area contributed by atoms with E-state index in [2.05, 4.69) is 9.97 Å². The number of hydrogen-bond acceptors (Lipinski definition) is 5. The Morgan fingerprint density at radius 1 is 1.05 bits per heavy atom.